The van der Waals surface area contributed by atoms with Crippen molar-refractivity contribution in [3.8, 4) is 0 Å². The van der Waals surface area contributed by atoms with E-state index in [0.717, 1.165) is 39.3 Å². The van der Waals surface area contributed by atoms with Crippen molar-refractivity contribution in [1.82, 2.24) is 20.4 Å². The van der Waals surface area contributed by atoms with Gasteiger partial charge in [-0.25, -0.2) is 0 Å². The first-order chi connectivity index (χ1) is 13.8. The summed E-state index contributed by atoms with van der Waals surface area (Å²) in [6.45, 7) is 7.82. The number of nitrogens with one attached hydrogen (secondary N) is 2. The fourth-order valence-electron chi connectivity index (χ4n) is 3.86. The number of para-hydroxylation sites is 1. The lowest BCUT2D eigenvalue weighted by atomic mass is 10.1. The van der Waals surface area contributed by atoms with Crippen LogP contribution in [0.5, 0.6) is 0 Å². The second-order valence-corrected chi connectivity index (χ2v) is 7.46. The molecule has 1 amide bonds. The van der Waals surface area contributed by atoms with Gasteiger partial charge in [-0.1, -0.05) is 24.6 Å². The van der Waals surface area contributed by atoms with Crippen LogP contribution in [0.3, 0.4) is 0 Å². The molecular weight excluding hydrogens is 479 g/mol. The van der Waals surface area contributed by atoms with Crippen LogP contribution in [-0.4, -0.2) is 87.6 Å². The summed E-state index contributed by atoms with van der Waals surface area (Å²) >= 11 is 0. The van der Waals surface area contributed by atoms with Gasteiger partial charge in [0, 0.05) is 52.0 Å². The average molecular weight is 514 g/mol. The highest BCUT2D eigenvalue weighted by molar-refractivity contribution is 14.0. The molecule has 0 aromatic heterocycles. The number of carbonyl (C=O) groups excluding carboxylic acids is 1. The highest BCUT2D eigenvalue weighted by atomic mass is 127. The number of piperazine rings is 1. The molecule has 2 heterocycles. The molecule has 2 fully saturated rings. The number of likely N-dealkylation sites (tertiary alicyclic amines) is 1. The number of aliphatic imine (C=N–C) groups is 1. The van der Waals surface area contributed by atoms with Crippen LogP contribution < -0.4 is 15.5 Å². The Morgan fingerprint density at radius 1 is 0.966 bits per heavy atom. The fourth-order valence-corrected chi connectivity index (χ4v) is 3.86. The number of piperidine rings is 1. The summed E-state index contributed by atoms with van der Waals surface area (Å²) in [4.78, 5) is 23.5. The van der Waals surface area contributed by atoms with Gasteiger partial charge in [0.25, 0.3) is 0 Å². The Morgan fingerprint density at radius 2 is 1.66 bits per heavy atom. The van der Waals surface area contributed by atoms with E-state index in [1.807, 2.05) is 11.0 Å². The minimum Gasteiger partial charge on any atom is -0.368 e. The van der Waals surface area contributed by atoms with Crippen LogP contribution in [0.2, 0.25) is 0 Å². The Labute approximate surface area is 191 Å². The normalized spacial score (nSPS) is 18.2. The lowest BCUT2D eigenvalue weighted by Crippen LogP contribution is -2.52. The third-order valence-electron chi connectivity index (χ3n) is 5.55. The van der Waals surface area contributed by atoms with Gasteiger partial charge in [-0.15, -0.1) is 24.0 Å². The summed E-state index contributed by atoms with van der Waals surface area (Å²) in [5.41, 5.74) is 1.23. The van der Waals surface area contributed by atoms with Crippen molar-refractivity contribution in [3.63, 3.8) is 0 Å². The summed E-state index contributed by atoms with van der Waals surface area (Å²) < 4.78 is 0. The Balaban J connectivity index is 0.00000300. The first kappa shape index (κ1) is 23.7. The van der Waals surface area contributed by atoms with E-state index in [1.165, 1.54) is 38.0 Å². The van der Waals surface area contributed by atoms with Crippen LogP contribution >= 0.6 is 24.0 Å². The molecule has 2 aliphatic rings. The molecule has 2 N–H and O–H groups in total. The zero-order valence-electron chi connectivity index (χ0n) is 17.5. The van der Waals surface area contributed by atoms with E-state index in [9.17, 15) is 4.79 Å². The molecule has 0 bridgehead atoms. The van der Waals surface area contributed by atoms with Crippen molar-refractivity contribution in [2.45, 2.75) is 19.3 Å². The van der Waals surface area contributed by atoms with Gasteiger partial charge >= 0.3 is 0 Å². The topological polar surface area (TPSA) is 63.2 Å². The van der Waals surface area contributed by atoms with E-state index in [0.29, 0.717) is 5.96 Å². The van der Waals surface area contributed by atoms with Gasteiger partial charge in [0.15, 0.2) is 5.96 Å². The molecule has 0 saturated carbocycles. The molecule has 7 nitrogen and oxygen atoms in total. The molecule has 162 valence electrons. The molecule has 29 heavy (non-hydrogen) atoms. The Hall–Kier alpha value is -1.55. The molecule has 0 atom stereocenters. The SMILES string of the molecule is CN=C(NCCN1CCCCC1)NCC(=O)N1CCN(c2ccccc2)CC1.I. The molecule has 3 rings (SSSR count). The van der Waals surface area contributed by atoms with E-state index < -0.39 is 0 Å². The standard InChI is InChI=1S/C21H34N6O.HI/c1-22-21(23-10-13-25-11-6-3-7-12-25)24-18-20(28)27-16-14-26(15-17-27)19-8-4-2-5-9-19;/h2,4-5,8-9H,3,6-7,10-18H2,1H3,(H2,22,23,24);1H. The first-order valence-corrected chi connectivity index (χ1v) is 10.5. The number of carbonyl (C=O) groups is 1. The predicted molar refractivity (Wildman–Crippen MR) is 130 cm³/mol. The van der Waals surface area contributed by atoms with Gasteiger partial charge in [0.2, 0.25) is 5.91 Å². The first-order valence-electron chi connectivity index (χ1n) is 10.5. The number of benzene rings is 1. The van der Waals surface area contributed by atoms with Gasteiger partial charge in [-0.05, 0) is 38.1 Å². The number of amides is 1. The van der Waals surface area contributed by atoms with Gasteiger partial charge in [0.1, 0.15) is 0 Å². The summed E-state index contributed by atoms with van der Waals surface area (Å²) in [7, 11) is 1.75. The third-order valence-corrected chi connectivity index (χ3v) is 5.55. The monoisotopic (exact) mass is 514 g/mol. The van der Waals surface area contributed by atoms with E-state index in [1.54, 1.807) is 7.05 Å². The number of hydrogen-bond acceptors (Lipinski definition) is 4. The summed E-state index contributed by atoms with van der Waals surface area (Å²) in [5.74, 6) is 0.833. The molecule has 0 aliphatic carbocycles. The zero-order chi connectivity index (χ0) is 19.6. The van der Waals surface area contributed by atoms with Crippen LogP contribution in [0.4, 0.5) is 5.69 Å². The maximum Gasteiger partial charge on any atom is 0.242 e. The van der Waals surface area contributed by atoms with Crippen molar-refractivity contribution in [3.05, 3.63) is 30.3 Å². The predicted octanol–water partition coefficient (Wildman–Crippen LogP) is 1.60. The number of anilines is 1. The number of nitrogens with zero attached hydrogens (tertiary/aromatic N) is 4. The van der Waals surface area contributed by atoms with Crippen LogP contribution in [0.25, 0.3) is 0 Å². The van der Waals surface area contributed by atoms with Crippen molar-refractivity contribution >= 4 is 41.5 Å². The average Bonchev–Trinajstić information content (AvgIpc) is 2.77. The number of guanidine groups is 1. The van der Waals surface area contributed by atoms with E-state index >= 15 is 0 Å². The van der Waals surface area contributed by atoms with Gasteiger partial charge in [-0.3, -0.25) is 9.79 Å². The Bertz CT molecular complexity index is 627. The summed E-state index contributed by atoms with van der Waals surface area (Å²) in [5, 5.41) is 6.48. The lowest BCUT2D eigenvalue weighted by Gasteiger charge is -2.36. The Morgan fingerprint density at radius 3 is 2.31 bits per heavy atom. The van der Waals surface area contributed by atoms with Crippen molar-refractivity contribution in [2.24, 2.45) is 4.99 Å². The minimum absolute atomic E-state index is 0. The number of rotatable bonds is 6. The molecule has 0 unspecified atom stereocenters. The Kier molecular flexibility index (Phi) is 10.5. The molecule has 0 radical (unpaired) electrons. The molecule has 2 saturated heterocycles. The van der Waals surface area contributed by atoms with E-state index in [2.05, 4.69) is 49.7 Å². The van der Waals surface area contributed by atoms with E-state index in [-0.39, 0.29) is 36.4 Å². The number of halogens is 1. The maximum absolute atomic E-state index is 12.5. The van der Waals surface area contributed by atoms with Crippen LogP contribution in [0, 0.1) is 0 Å². The smallest absolute Gasteiger partial charge is 0.242 e. The summed E-state index contributed by atoms with van der Waals surface area (Å²) in [6.07, 6.45) is 3.97. The van der Waals surface area contributed by atoms with Gasteiger partial charge < -0.3 is 25.3 Å². The van der Waals surface area contributed by atoms with Crippen molar-refractivity contribution in [2.75, 3.05) is 70.9 Å². The summed E-state index contributed by atoms with van der Waals surface area (Å²) in [6, 6.07) is 10.4. The van der Waals surface area contributed by atoms with Gasteiger partial charge in [-0.2, -0.15) is 0 Å². The minimum atomic E-state index is 0. The van der Waals surface area contributed by atoms with Crippen molar-refractivity contribution in [1.29, 1.82) is 0 Å². The molecule has 2 aliphatic heterocycles. The quantitative estimate of drug-likeness (QED) is 0.343. The molecule has 1 aromatic carbocycles. The second kappa shape index (κ2) is 12.9. The molecule has 0 spiro atoms. The number of hydrogen-bond donors (Lipinski definition) is 2. The molecule has 8 heteroatoms. The van der Waals surface area contributed by atoms with Crippen LogP contribution in [0.15, 0.2) is 35.3 Å². The fraction of sp³-hybridized carbons (Fsp3) is 0.619. The largest absolute Gasteiger partial charge is 0.368 e. The van der Waals surface area contributed by atoms with E-state index in [4.69, 9.17) is 0 Å². The van der Waals surface area contributed by atoms with Crippen LogP contribution in [-0.2, 0) is 4.79 Å². The molecular formula is C21H35IN6O. The molecule has 1 aromatic rings. The van der Waals surface area contributed by atoms with Crippen molar-refractivity contribution < 1.29 is 4.79 Å². The third kappa shape index (κ3) is 7.65. The van der Waals surface area contributed by atoms with Gasteiger partial charge in [0.05, 0.1) is 6.54 Å². The highest BCUT2D eigenvalue weighted by Gasteiger charge is 2.21. The zero-order valence-corrected chi connectivity index (χ0v) is 19.8. The second-order valence-electron chi connectivity index (χ2n) is 7.46. The van der Waals surface area contributed by atoms with Crippen LogP contribution in [0.1, 0.15) is 19.3 Å². The highest BCUT2D eigenvalue weighted by Crippen LogP contribution is 2.15. The lowest BCUT2D eigenvalue weighted by molar-refractivity contribution is -0.130. The maximum atomic E-state index is 12.5.